The van der Waals surface area contributed by atoms with E-state index in [0.29, 0.717) is 18.8 Å². The fourth-order valence-corrected chi connectivity index (χ4v) is 4.75. The Bertz CT molecular complexity index is 1200. The predicted octanol–water partition coefficient (Wildman–Crippen LogP) is 3.62. The Balaban J connectivity index is 1.46. The highest BCUT2D eigenvalue weighted by Crippen LogP contribution is 2.36. The quantitative estimate of drug-likeness (QED) is 0.562. The highest BCUT2D eigenvalue weighted by Gasteiger charge is 2.33. The lowest BCUT2D eigenvalue weighted by atomic mass is 10.2. The second-order valence-electron chi connectivity index (χ2n) is 7.16. The lowest BCUT2D eigenvalue weighted by Crippen LogP contribution is -2.33. The molecule has 1 fully saturated rings. The Hall–Kier alpha value is -3.26. The maximum absolute atomic E-state index is 13.0. The Labute approximate surface area is 172 Å². The van der Waals surface area contributed by atoms with E-state index < -0.39 is 0 Å². The van der Waals surface area contributed by atoms with Crippen molar-refractivity contribution in [2.45, 2.75) is 19.4 Å². The van der Waals surface area contributed by atoms with Gasteiger partial charge in [-0.25, -0.2) is 9.97 Å². The molecule has 3 aromatic heterocycles. The number of fused-ring (bicyclic) bond motifs is 1. The highest BCUT2D eigenvalue weighted by molar-refractivity contribution is 7.21. The van der Waals surface area contributed by atoms with Crippen molar-refractivity contribution in [3.63, 3.8) is 0 Å². The lowest BCUT2D eigenvalue weighted by molar-refractivity contribution is -0.117. The molecule has 7 nitrogen and oxygen atoms in total. The van der Waals surface area contributed by atoms with Gasteiger partial charge in [-0.3, -0.25) is 9.48 Å². The number of carbonyl (C=O) groups excluding carboxylic acids is 1. The topological polar surface area (TPSA) is 75.9 Å². The van der Waals surface area contributed by atoms with Crippen LogP contribution in [0.1, 0.15) is 12.2 Å². The van der Waals surface area contributed by atoms with Crippen molar-refractivity contribution in [1.29, 1.82) is 0 Å². The fourth-order valence-electron chi connectivity index (χ4n) is 3.67. The molecule has 1 aliphatic rings. The first-order valence-corrected chi connectivity index (χ1v) is 10.3. The summed E-state index contributed by atoms with van der Waals surface area (Å²) in [6, 6.07) is 12.0. The molecule has 29 heavy (non-hydrogen) atoms. The average molecular weight is 404 g/mol. The Morgan fingerprint density at radius 2 is 2.03 bits per heavy atom. The molecular formula is C21H20N6OS. The number of amides is 1. The lowest BCUT2D eigenvalue weighted by Gasteiger charge is -2.16. The fraction of sp³-hybridized carbons (Fsp3) is 0.238. The number of aryl methyl sites for hydroxylation is 2. The van der Waals surface area contributed by atoms with E-state index in [0.717, 1.165) is 32.2 Å². The van der Waals surface area contributed by atoms with Gasteiger partial charge in [-0.1, -0.05) is 30.3 Å². The summed E-state index contributed by atoms with van der Waals surface area (Å²) < 4.78 is 1.71. The van der Waals surface area contributed by atoms with E-state index in [1.54, 1.807) is 27.1 Å². The first-order chi connectivity index (χ1) is 14.1. The van der Waals surface area contributed by atoms with Crippen molar-refractivity contribution >= 4 is 39.0 Å². The summed E-state index contributed by atoms with van der Waals surface area (Å²) in [5, 5.41) is 8.51. The van der Waals surface area contributed by atoms with Gasteiger partial charge in [0, 0.05) is 24.7 Å². The zero-order valence-electron chi connectivity index (χ0n) is 16.2. The van der Waals surface area contributed by atoms with Crippen molar-refractivity contribution in [3.8, 4) is 10.4 Å². The van der Waals surface area contributed by atoms with E-state index in [9.17, 15) is 4.79 Å². The number of hydrogen-bond acceptors (Lipinski definition) is 6. The summed E-state index contributed by atoms with van der Waals surface area (Å²) in [6.07, 6.45) is 4.30. The second-order valence-corrected chi connectivity index (χ2v) is 8.19. The third-order valence-electron chi connectivity index (χ3n) is 5.08. The molecule has 4 heterocycles. The maximum Gasteiger partial charge on any atom is 0.249 e. The number of benzene rings is 1. The van der Waals surface area contributed by atoms with Crippen LogP contribution in [0.15, 0.2) is 48.8 Å². The normalized spacial score (nSPS) is 16.7. The van der Waals surface area contributed by atoms with Crippen molar-refractivity contribution < 1.29 is 4.79 Å². The number of aromatic nitrogens is 4. The van der Waals surface area contributed by atoms with E-state index in [1.165, 1.54) is 0 Å². The highest BCUT2D eigenvalue weighted by atomic mass is 32.1. The largest absolute Gasteiger partial charge is 0.358 e. The van der Waals surface area contributed by atoms with Gasteiger partial charge in [0.1, 0.15) is 22.5 Å². The standard InChI is InChI=1S/C21H20N6OS/c1-13-23-19(16-10-18(29-20(16)24-13)14-6-4-3-5-7-14)25-17-8-9-27(21(17)28)15-11-22-26(2)12-15/h3-7,10-12,17H,8-9H2,1-2H3,(H,23,24,25). The molecule has 0 spiro atoms. The molecule has 5 rings (SSSR count). The van der Waals surface area contributed by atoms with Gasteiger partial charge in [0.25, 0.3) is 0 Å². The van der Waals surface area contributed by atoms with E-state index >= 15 is 0 Å². The molecule has 0 bridgehead atoms. The molecule has 0 aliphatic carbocycles. The van der Waals surface area contributed by atoms with E-state index in [2.05, 4.69) is 38.6 Å². The van der Waals surface area contributed by atoms with Gasteiger partial charge in [-0.15, -0.1) is 11.3 Å². The van der Waals surface area contributed by atoms with E-state index in [1.807, 2.05) is 38.4 Å². The molecule has 1 N–H and O–H groups in total. The molecule has 0 saturated carbocycles. The Morgan fingerprint density at radius 1 is 1.21 bits per heavy atom. The number of carbonyl (C=O) groups is 1. The maximum atomic E-state index is 13.0. The van der Waals surface area contributed by atoms with Crippen LogP contribution >= 0.6 is 11.3 Å². The predicted molar refractivity (Wildman–Crippen MR) is 115 cm³/mol. The first kappa shape index (κ1) is 17.8. The molecule has 8 heteroatoms. The van der Waals surface area contributed by atoms with Crippen LogP contribution in [0.5, 0.6) is 0 Å². The van der Waals surface area contributed by atoms with E-state index in [-0.39, 0.29) is 11.9 Å². The Morgan fingerprint density at radius 3 is 2.79 bits per heavy atom. The molecule has 146 valence electrons. The molecule has 1 aliphatic heterocycles. The molecule has 1 aromatic carbocycles. The van der Waals surface area contributed by atoms with Crippen LogP contribution in [0.3, 0.4) is 0 Å². The molecule has 1 amide bonds. The second kappa shape index (κ2) is 6.97. The molecular weight excluding hydrogens is 384 g/mol. The van der Waals surface area contributed by atoms with Crippen molar-refractivity contribution in [1.82, 2.24) is 19.7 Å². The summed E-state index contributed by atoms with van der Waals surface area (Å²) in [4.78, 5) is 26.0. The summed E-state index contributed by atoms with van der Waals surface area (Å²) in [7, 11) is 1.85. The van der Waals surface area contributed by atoms with Gasteiger partial charge in [-0.2, -0.15) is 5.10 Å². The molecule has 1 atom stereocenters. The summed E-state index contributed by atoms with van der Waals surface area (Å²) >= 11 is 1.64. The van der Waals surface area contributed by atoms with Gasteiger partial charge in [0.2, 0.25) is 5.91 Å². The number of thiophene rings is 1. The molecule has 1 saturated heterocycles. The summed E-state index contributed by atoms with van der Waals surface area (Å²) in [6.45, 7) is 2.54. The van der Waals surface area contributed by atoms with Crippen LogP contribution in [0.2, 0.25) is 0 Å². The molecule has 0 radical (unpaired) electrons. The zero-order chi connectivity index (χ0) is 20.0. The average Bonchev–Trinajstić information content (AvgIpc) is 3.42. The van der Waals surface area contributed by atoms with Crippen LogP contribution in [-0.4, -0.2) is 38.2 Å². The summed E-state index contributed by atoms with van der Waals surface area (Å²) in [5.74, 6) is 1.45. The van der Waals surface area contributed by atoms with Crippen LogP contribution < -0.4 is 10.2 Å². The van der Waals surface area contributed by atoms with Gasteiger partial charge in [-0.05, 0) is 25.0 Å². The van der Waals surface area contributed by atoms with Gasteiger partial charge in [0.15, 0.2) is 0 Å². The minimum atomic E-state index is -0.312. The van der Waals surface area contributed by atoms with Crippen molar-refractivity contribution in [2.24, 2.45) is 7.05 Å². The minimum Gasteiger partial charge on any atom is -0.358 e. The third-order valence-corrected chi connectivity index (χ3v) is 6.16. The SMILES string of the molecule is Cc1nc(NC2CCN(c3cnn(C)c3)C2=O)c2cc(-c3ccccc3)sc2n1. The number of nitrogens with one attached hydrogen (secondary N) is 1. The third kappa shape index (κ3) is 3.25. The smallest absolute Gasteiger partial charge is 0.249 e. The minimum absolute atomic E-state index is 0.0425. The van der Waals surface area contributed by atoms with Crippen LogP contribution in [-0.2, 0) is 11.8 Å². The molecule has 1 unspecified atom stereocenters. The zero-order valence-corrected chi connectivity index (χ0v) is 17.0. The van der Waals surface area contributed by atoms with E-state index in [4.69, 9.17) is 0 Å². The number of hydrogen-bond donors (Lipinski definition) is 1. The number of rotatable bonds is 4. The van der Waals surface area contributed by atoms with Gasteiger partial charge in [0.05, 0.1) is 17.3 Å². The molecule has 4 aromatic rings. The van der Waals surface area contributed by atoms with Crippen LogP contribution in [0.25, 0.3) is 20.7 Å². The summed E-state index contributed by atoms with van der Waals surface area (Å²) in [5.41, 5.74) is 1.98. The van der Waals surface area contributed by atoms with Crippen LogP contribution in [0, 0.1) is 6.92 Å². The number of anilines is 2. The van der Waals surface area contributed by atoms with Gasteiger partial charge < -0.3 is 10.2 Å². The van der Waals surface area contributed by atoms with Crippen molar-refractivity contribution in [2.75, 3.05) is 16.8 Å². The Kier molecular flexibility index (Phi) is 4.28. The first-order valence-electron chi connectivity index (χ1n) is 9.48. The monoisotopic (exact) mass is 404 g/mol. The van der Waals surface area contributed by atoms with Crippen molar-refractivity contribution in [3.05, 3.63) is 54.6 Å². The van der Waals surface area contributed by atoms with Gasteiger partial charge >= 0.3 is 0 Å². The number of nitrogens with zero attached hydrogens (tertiary/aromatic N) is 5. The van der Waals surface area contributed by atoms with Crippen LogP contribution in [0.4, 0.5) is 11.5 Å².